The molecule has 124 valence electrons. The van der Waals surface area contributed by atoms with Gasteiger partial charge >= 0.3 is 12.1 Å². The first-order valence-electron chi connectivity index (χ1n) is 7.49. The summed E-state index contributed by atoms with van der Waals surface area (Å²) in [6.45, 7) is 4.05. The summed E-state index contributed by atoms with van der Waals surface area (Å²) in [7, 11) is 1.37. The Balaban J connectivity index is 2.75. The number of carbonyl (C=O) groups excluding carboxylic acids is 1. The number of halogens is 3. The second kappa shape index (κ2) is 7.65. The summed E-state index contributed by atoms with van der Waals surface area (Å²) in [6.07, 6.45) is -0.896. The Kier molecular flexibility index (Phi) is 6.45. The zero-order valence-corrected chi connectivity index (χ0v) is 13.3. The molecule has 1 aromatic rings. The SMILES string of the molecule is CCC(CC)(CCc1ccc(C(F)(F)F)cc1)CC(=O)OC. The van der Waals surface area contributed by atoms with E-state index < -0.39 is 11.7 Å². The third-order valence-electron chi connectivity index (χ3n) is 4.47. The maximum absolute atomic E-state index is 12.5. The number of alkyl halides is 3. The van der Waals surface area contributed by atoms with E-state index in [1.165, 1.54) is 19.2 Å². The topological polar surface area (TPSA) is 26.3 Å². The summed E-state index contributed by atoms with van der Waals surface area (Å²) in [6, 6.07) is 5.23. The zero-order valence-electron chi connectivity index (χ0n) is 13.3. The van der Waals surface area contributed by atoms with Gasteiger partial charge in [-0.2, -0.15) is 13.2 Å². The lowest BCUT2D eigenvalue weighted by Crippen LogP contribution is -2.24. The predicted molar refractivity (Wildman–Crippen MR) is 79.4 cm³/mol. The smallest absolute Gasteiger partial charge is 0.416 e. The first kappa shape index (κ1) is 18.5. The average molecular weight is 316 g/mol. The van der Waals surface area contributed by atoms with E-state index in [1.807, 2.05) is 13.8 Å². The summed E-state index contributed by atoms with van der Waals surface area (Å²) in [4.78, 5) is 11.6. The number of benzene rings is 1. The average Bonchev–Trinajstić information content (AvgIpc) is 2.51. The van der Waals surface area contributed by atoms with Crippen LogP contribution in [0.25, 0.3) is 0 Å². The minimum atomic E-state index is -4.31. The summed E-state index contributed by atoms with van der Waals surface area (Å²) in [5, 5.41) is 0. The Morgan fingerprint density at radius 2 is 1.64 bits per heavy atom. The molecule has 0 aliphatic rings. The second-order valence-electron chi connectivity index (χ2n) is 5.65. The van der Waals surface area contributed by atoms with Crippen LogP contribution in [-0.2, 0) is 22.1 Å². The van der Waals surface area contributed by atoms with Crippen molar-refractivity contribution in [3.8, 4) is 0 Å². The molecule has 0 N–H and O–H groups in total. The number of esters is 1. The lowest BCUT2D eigenvalue weighted by atomic mass is 9.75. The van der Waals surface area contributed by atoms with Gasteiger partial charge in [0.05, 0.1) is 19.1 Å². The van der Waals surface area contributed by atoms with Crippen LogP contribution in [0.4, 0.5) is 13.2 Å². The van der Waals surface area contributed by atoms with Crippen molar-refractivity contribution >= 4 is 5.97 Å². The molecule has 0 heterocycles. The lowest BCUT2D eigenvalue weighted by molar-refractivity contribution is -0.143. The van der Waals surface area contributed by atoms with Crippen LogP contribution < -0.4 is 0 Å². The highest BCUT2D eigenvalue weighted by molar-refractivity contribution is 5.70. The molecule has 0 saturated heterocycles. The molecule has 0 atom stereocenters. The lowest BCUT2D eigenvalue weighted by Gasteiger charge is -2.30. The van der Waals surface area contributed by atoms with Crippen molar-refractivity contribution in [2.45, 2.75) is 52.1 Å². The van der Waals surface area contributed by atoms with Gasteiger partial charge in [-0.15, -0.1) is 0 Å². The van der Waals surface area contributed by atoms with Crippen molar-refractivity contribution in [1.82, 2.24) is 0 Å². The number of hydrogen-bond donors (Lipinski definition) is 0. The van der Waals surface area contributed by atoms with Gasteiger partial charge in [-0.05, 0) is 48.8 Å². The molecule has 0 radical (unpaired) electrons. The minimum Gasteiger partial charge on any atom is -0.469 e. The number of ether oxygens (including phenoxy) is 1. The van der Waals surface area contributed by atoms with Crippen LogP contribution in [0.5, 0.6) is 0 Å². The van der Waals surface area contributed by atoms with E-state index in [4.69, 9.17) is 4.74 Å². The Hall–Kier alpha value is -1.52. The molecule has 2 nitrogen and oxygen atoms in total. The summed E-state index contributed by atoms with van der Waals surface area (Å²) < 4.78 is 42.4. The molecule has 0 fully saturated rings. The van der Waals surface area contributed by atoms with Gasteiger partial charge in [-0.1, -0.05) is 26.0 Å². The van der Waals surface area contributed by atoms with Crippen LogP contribution in [-0.4, -0.2) is 13.1 Å². The molecule has 22 heavy (non-hydrogen) atoms. The number of aryl methyl sites for hydroxylation is 1. The quantitative estimate of drug-likeness (QED) is 0.661. The molecule has 0 spiro atoms. The summed E-state index contributed by atoms with van der Waals surface area (Å²) >= 11 is 0. The van der Waals surface area contributed by atoms with Crippen molar-refractivity contribution in [1.29, 1.82) is 0 Å². The number of hydrogen-bond acceptors (Lipinski definition) is 2. The van der Waals surface area contributed by atoms with Gasteiger partial charge in [0.25, 0.3) is 0 Å². The third kappa shape index (κ3) is 5.04. The van der Waals surface area contributed by atoms with Crippen LogP contribution >= 0.6 is 0 Å². The highest BCUT2D eigenvalue weighted by atomic mass is 19.4. The normalized spacial score (nSPS) is 12.3. The van der Waals surface area contributed by atoms with Crippen molar-refractivity contribution in [2.75, 3.05) is 7.11 Å². The van der Waals surface area contributed by atoms with Gasteiger partial charge in [0.1, 0.15) is 0 Å². The third-order valence-corrected chi connectivity index (χ3v) is 4.47. The molecule has 0 amide bonds. The van der Waals surface area contributed by atoms with Crippen molar-refractivity contribution < 1.29 is 22.7 Å². The maximum Gasteiger partial charge on any atom is 0.416 e. The van der Waals surface area contributed by atoms with E-state index in [0.29, 0.717) is 12.8 Å². The molecular formula is C17H23F3O2. The van der Waals surface area contributed by atoms with E-state index in [0.717, 1.165) is 37.0 Å². The second-order valence-corrected chi connectivity index (χ2v) is 5.65. The van der Waals surface area contributed by atoms with Crippen molar-refractivity contribution in [2.24, 2.45) is 5.41 Å². The van der Waals surface area contributed by atoms with E-state index in [2.05, 4.69) is 0 Å². The predicted octanol–water partition coefficient (Wildman–Crippen LogP) is 5.01. The fourth-order valence-electron chi connectivity index (χ4n) is 2.59. The van der Waals surface area contributed by atoms with Gasteiger partial charge in [-0.3, -0.25) is 4.79 Å². The van der Waals surface area contributed by atoms with E-state index in [9.17, 15) is 18.0 Å². The first-order valence-corrected chi connectivity index (χ1v) is 7.49. The highest BCUT2D eigenvalue weighted by Gasteiger charge is 2.31. The van der Waals surface area contributed by atoms with Crippen LogP contribution in [0.2, 0.25) is 0 Å². The van der Waals surface area contributed by atoms with Gasteiger partial charge in [-0.25, -0.2) is 0 Å². The van der Waals surface area contributed by atoms with Gasteiger partial charge < -0.3 is 4.74 Å². The Morgan fingerprint density at radius 1 is 1.09 bits per heavy atom. The number of methoxy groups -OCH3 is 1. The van der Waals surface area contributed by atoms with E-state index in [-0.39, 0.29) is 11.4 Å². The molecule has 1 aromatic carbocycles. The number of rotatable bonds is 7. The van der Waals surface area contributed by atoms with Gasteiger partial charge in [0, 0.05) is 0 Å². The Labute approximate surface area is 129 Å². The standard InChI is InChI=1S/C17H23F3O2/c1-4-16(5-2,12-15(21)22-3)11-10-13-6-8-14(9-7-13)17(18,19)20/h6-9H,4-5,10-12H2,1-3H3. The van der Waals surface area contributed by atoms with Crippen LogP contribution in [0.3, 0.4) is 0 Å². The van der Waals surface area contributed by atoms with E-state index >= 15 is 0 Å². The molecule has 0 saturated carbocycles. The fraction of sp³-hybridized carbons (Fsp3) is 0.588. The first-order chi connectivity index (χ1) is 10.3. The van der Waals surface area contributed by atoms with Gasteiger partial charge in [0.2, 0.25) is 0 Å². The molecule has 1 rings (SSSR count). The van der Waals surface area contributed by atoms with Crippen molar-refractivity contribution in [3.63, 3.8) is 0 Å². The van der Waals surface area contributed by atoms with Crippen LogP contribution in [0.1, 0.15) is 50.7 Å². The largest absolute Gasteiger partial charge is 0.469 e. The molecular weight excluding hydrogens is 293 g/mol. The Bertz CT molecular complexity index is 474. The molecule has 0 aliphatic heterocycles. The molecule has 0 aromatic heterocycles. The van der Waals surface area contributed by atoms with Crippen LogP contribution in [0.15, 0.2) is 24.3 Å². The summed E-state index contributed by atoms with van der Waals surface area (Å²) in [5.74, 6) is -0.240. The highest BCUT2D eigenvalue weighted by Crippen LogP contribution is 2.36. The number of carbonyl (C=O) groups is 1. The monoisotopic (exact) mass is 316 g/mol. The zero-order chi connectivity index (χ0) is 16.8. The molecule has 0 bridgehead atoms. The maximum atomic E-state index is 12.5. The molecule has 5 heteroatoms. The molecule has 0 unspecified atom stereocenters. The van der Waals surface area contributed by atoms with Gasteiger partial charge in [0.15, 0.2) is 0 Å². The van der Waals surface area contributed by atoms with E-state index in [1.54, 1.807) is 0 Å². The Morgan fingerprint density at radius 3 is 2.05 bits per heavy atom. The fourth-order valence-corrected chi connectivity index (χ4v) is 2.59. The van der Waals surface area contributed by atoms with Crippen molar-refractivity contribution in [3.05, 3.63) is 35.4 Å². The minimum absolute atomic E-state index is 0.157. The van der Waals surface area contributed by atoms with Crippen LogP contribution in [0, 0.1) is 5.41 Å². The molecule has 0 aliphatic carbocycles. The summed E-state index contributed by atoms with van der Waals surface area (Å²) in [5.41, 5.74) is 0.0580.